The third-order valence-corrected chi connectivity index (χ3v) is 4.20. The molecule has 0 saturated heterocycles. The van der Waals surface area contributed by atoms with Crippen molar-refractivity contribution >= 4 is 11.3 Å². The highest BCUT2D eigenvalue weighted by atomic mass is 32.1. The molecule has 2 aromatic rings. The Morgan fingerprint density at radius 3 is 2.90 bits per heavy atom. The van der Waals surface area contributed by atoms with Crippen LogP contribution in [0.2, 0.25) is 0 Å². The molecule has 3 nitrogen and oxygen atoms in total. The summed E-state index contributed by atoms with van der Waals surface area (Å²) in [6.07, 6.45) is 1.15. The van der Waals surface area contributed by atoms with Crippen molar-refractivity contribution in [3.05, 3.63) is 34.8 Å². The van der Waals surface area contributed by atoms with Crippen LogP contribution in [0.5, 0.6) is 5.75 Å². The maximum absolute atomic E-state index is 5.55. The van der Waals surface area contributed by atoms with Gasteiger partial charge in [-0.05, 0) is 38.9 Å². The molecule has 2 rings (SSSR count). The fraction of sp³-hybridized carbons (Fsp3) is 0.438. The van der Waals surface area contributed by atoms with Gasteiger partial charge in [0.25, 0.3) is 0 Å². The van der Waals surface area contributed by atoms with Crippen LogP contribution in [0.3, 0.4) is 0 Å². The Kier molecular flexibility index (Phi) is 5.56. The second-order valence-electron chi connectivity index (χ2n) is 4.67. The summed E-state index contributed by atoms with van der Waals surface area (Å²) in [5.74, 6) is 0.906. The summed E-state index contributed by atoms with van der Waals surface area (Å²) in [6.45, 7) is 8.89. The molecule has 0 saturated carbocycles. The van der Waals surface area contributed by atoms with E-state index in [0.717, 1.165) is 41.5 Å². The maximum atomic E-state index is 5.55. The Morgan fingerprint density at radius 1 is 1.30 bits per heavy atom. The lowest BCUT2D eigenvalue weighted by atomic mass is 10.2. The van der Waals surface area contributed by atoms with Crippen molar-refractivity contribution in [1.82, 2.24) is 10.3 Å². The third kappa shape index (κ3) is 3.81. The van der Waals surface area contributed by atoms with E-state index in [-0.39, 0.29) is 0 Å². The number of aryl methyl sites for hydroxylation is 1. The lowest BCUT2D eigenvalue weighted by Crippen LogP contribution is -2.13. The summed E-state index contributed by atoms with van der Waals surface area (Å²) in [6, 6.07) is 8.15. The number of nitrogens with zero attached hydrogens (tertiary/aromatic N) is 1. The lowest BCUT2D eigenvalue weighted by Gasteiger charge is -2.03. The van der Waals surface area contributed by atoms with Gasteiger partial charge in [-0.1, -0.05) is 19.1 Å². The highest BCUT2D eigenvalue weighted by Crippen LogP contribution is 2.30. The molecule has 0 radical (unpaired) electrons. The second-order valence-corrected chi connectivity index (χ2v) is 5.75. The quantitative estimate of drug-likeness (QED) is 0.782. The minimum atomic E-state index is 0.687. The van der Waals surface area contributed by atoms with Gasteiger partial charge in [0.2, 0.25) is 0 Å². The molecule has 0 amide bonds. The Hall–Kier alpha value is -1.39. The third-order valence-electron chi connectivity index (χ3n) is 3.00. The standard InChI is InChI=1S/C16H22N2OS/c1-4-9-17-11-15-12(3)18-16(20-15)13-7-6-8-14(10-13)19-5-2/h6-8,10,17H,4-5,9,11H2,1-3H3. The highest BCUT2D eigenvalue weighted by molar-refractivity contribution is 7.15. The minimum absolute atomic E-state index is 0.687. The molecule has 0 fully saturated rings. The summed E-state index contributed by atoms with van der Waals surface area (Å²) in [5.41, 5.74) is 2.25. The molecule has 0 spiro atoms. The van der Waals surface area contributed by atoms with Gasteiger partial charge >= 0.3 is 0 Å². The van der Waals surface area contributed by atoms with Gasteiger partial charge in [0.1, 0.15) is 10.8 Å². The molecule has 0 aliphatic heterocycles. The topological polar surface area (TPSA) is 34.1 Å². The fourth-order valence-electron chi connectivity index (χ4n) is 1.98. The van der Waals surface area contributed by atoms with Gasteiger partial charge in [0.05, 0.1) is 12.3 Å². The monoisotopic (exact) mass is 290 g/mol. The first-order chi connectivity index (χ1) is 9.74. The van der Waals surface area contributed by atoms with Gasteiger partial charge in [0, 0.05) is 17.0 Å². The molecule has 0 aliphatic rings. The van der Waals surface area contributed by atoms with Gasteiger partial charge < -0.3 is 10.1 Å². The van der Waals surface area contributed by atoms with Crippen molar-refractivity contribution in [3.8, 4) is 16.3 Å². The van der Waals surface area contributed by atoms with Gasteiger partial charge in [-0.25, -0.2) is 4.98 Å². The average Bonchev–Trinajstić information content (AvgIpc) is 2.82. The van der Waals surface area contributed by atoms with E-state index < -0.39 is 0 Å². The van der Waals surface area contributed by atoms with Crippen LogP contribution in [-0.2, 0) is 6.54 Å². The van der Waals surface area contributed by atoms with Crippen molar-refractivity contribution in [2.45, 2.75) is 33.7 Å². The molecule has 20 heavy (non-hydrogen) atoms. The van der Waals surface area contributed by atoms with Crippen molar-refractivity contribution < 1.29 is 4.74 Å². The Balaban J connectivity index is 2.16. The zero-order valence-corrected chi connectivity index (χ0v) is 13.2. The van der Waals surface area contributed by atoms with E-state index in [2.05, 4.69) is 36.3 Å². The molecule has 1 aromatic heterocycles. The predicted octanol–water partition coefficient (Wildman–Crippen LogP) is 4.02. The van der Waals surface area contributed by atoms with Crippen molar-refractivity contribution in [3.63, 3.8) is 0 Å². The number of rotatable bonds is 7. The maximum Gasteiger partial charge on any atom is 0.124 e. The number of aromatic nitrogens is 1. The second kappa shape index (κ2) is 7.41. The number of hydrogen-bond acceptors (Lipinski definition) is 4. The molecule has 0 atom stereocenters. The van der Waals surface area contributed by atoms with E-state index in [0.29, 0.717) is 6.61 Å². The van der Waals surface area contributed by atoms with Crippen molar-refractivity contribution in [2.24, 2.45) is 0 Å². The van der Waals surface area contributed by atoms with Crippen molar-refractivity contribution in [2.75, 3.05) is 13.2 Å². The molecule has 0 aliphatic carbocycles. The van der Waals surface area contributed by atoms with Crippen LogP contribution in [0.15, 0.2) is 24.3 Å². The summed E-state index contributed by atoms with van der Waals surface area (Å²) in [5, 5.41) is 4.50. The molecular weight excluding hydrogens is 268 g/mol. The zero-order chi connectivity index (χ0) is 14.4. The first-order valence-electron chi connectivity index (χ1n) is 7.14. The largest absolute Gasteiger partial charge is 0.494 e. The van der Waals surface area contributed by atoms with Gasteiger partial charge in [-0.15, -0.1) is 11.3 Å². The molecule has 0 unspecified atom stereocenters. The number of nitrogens with one attached hydrogen (secondary N) is 1. The highest BCUT2D eigenvalue weighted by Gasteiger charge is 2.09. The molecule has 1 aromatic carbocycles. The fourth-order valence-corrected chi connectivity index (χ4v) is 3.01. The Morgan fingerprint density at radius 2 is 2.15 bits per heavy atom. The number of benzene rings is 1. The van der Waals surface area contributed by atoms with Crippen LogP contribution < -0.4 is 10.1 Å². The van der Waals surface area contributed by atoms with E-state index in [9.17, 15) is 0 Å². The first-order valence-corrected chi connectivity index (χ1v) is 7.96. The first kappa shape index (κ1) is 15.0. The lowest BCUT2D eigenvalue weighted by molar-refractivity contribution is 0.340. The SMILES string of the molecule is CCCNCc1sc(-c2cccc(OCC)c2)nc1C. The number of ether oxygens (including phenoxy) is 1. The normalized spacial score (nSPS) is 10.8. The summed E-state index contributed by atoms with van der Waals surface area (Å²) < 4.78 is 5.55. The van der Waals surface area contributed by atoms with Crippen molar-refractivity contribution in [1.29, 1.82) is 0 Å². The zero-order valence-electron chi connectivity index (χ0n) is 12.4. The van der Waals surface area contributed by atoms with Crippen LogP contribution in [-0.4, -0.2) is 18.1 Å². The number of thiazole rings is 1. The van der Waals surface area contributed by atoms with Crippen LogP contribution >= 0.6 is 11.3 Å². The van der Waals surface area contributed by atoms with E-state index >= 15 is 0 Å². The van der Waals surface area contributed by atoms with Gasteiger partial charge in [0.15, 0.2) is 0 Å². The minimum Gasteiger partial charge on any atom is -0.494 e. The van der Waals surface area contributed by atoms with Crippen LogP contribution in [0.25, 0.3) is 10.6 Å². The smallest absolute Gasteiger partial charge is 0.124 e. The van der Waals surface area contributed by atoms with Gasteiger partial charge in [-0.3, -0.25) is 0 Å². The summed E-state index contributed by atoms with van der Waals surface area (Å²) in [7, 11) is 0. The molecule has 1 heterocycles. The van der Waals surface area contributed by atoms with Crippen LogP contribution in [0.4, 0.5) is 0 Å². The molecule has 1 N–H and O–H groups in total. The van der Waals surface area contributed by atoms with E-state index in [4.69, 9.17) is 4.74 Å². The molecule has 4 heteroatoms. The van der Waals surface area contributed by atoms with E-state index in [1.807, 2.05) is 19.1 Å². The summed E-state index contributed by atoms with van der Waals surface area (Å²) >= 11 is 1.76. The predicted molar refractivity (Wildman–Crippen MR) is 85.5 cm³/mol. The Bertz CT molecular complexity index is 551. The molecular formula is C16H22N2OS. The summed E-state index contributed by atoms with van der Waals surface area (Å²) in [4.78, 5) is 6.00. The Labute approximate surface area is 125 Å². The van der Waals surface area contributed by atoms with Gasteiger partial charge in [-0.2, -0.15) is 0 Å². The van der Waals surface area contributed by atoms with E-state index in [1.54, 1.807) is 11.3 Å². The van der Waals surface area contributed by atoms with Crippen LogP contribution in [0, 0.1) is 6.92 Å². The van der Waals surface area contributed by atoms with Crippen LogP contribution in [0.1, 0.15) is 30.8 Å². The molecule has 108 valence electrons. The number of hydrogen-bond donors (Lipinski definition) is 1. The average molecular weight is 290 g/mol. The molecule has 0 bridgehead atoms. The van der Waals surface area contributed by atoms with E-state index in [1.165, 1.54) is 4.88 Å².